The molecule has 0 fully saturated rings. The number of nitro groups is 2. The predicted molar refractivity (Wildman–Crippen MR) is 41.0 cm³/mol. The van der Waals surface area contributed by atoms with Crippen LogP contribution in [0.1, 0.15) is 5.69 Å². The maximum Gasteiger partial charge on any atom is 0.413 e. The molecule has 0 saturated carbocycles. The fraction of sp³-hybridized carbons (Fsp3) is 0.250. The van der Waals surface area contributed by atoms with Gasteiger partial charge in [-0.1, -0.05) is 11.6 Å². The minimum Gasteiger partial charge on any atom is -0.358 e. The van der Waals surface area contributed by atoms with Crippen molar-refractivity contribution in [1.82, 2.24) is 9.89 Å². The van der Waals surface area contributed by atoms with Gasteiger partial charge in [-0.15, -0.1) is 0 Å². The molecule has 0 aliphatic rings. The molecule has 0 radical (unpaired) electrons. The van der Waals surface area contributed by atoms with Gasteiger partial charge in [-0.2, -0.15) is 0 Å². The molecule has 0 aliphatic carbocycles. The molecule has 0 unspecified atom stereocenters. The largest absolute Gasteiger partial charge is 0.413 e. The Morgan fingerprint density at radius 1 is 1.46 bits per heavy atom. The molecule has 0 spiro atoms. The van der Waals surface area contributed by atoms with E-state index in [2.05, 4.69) is 5.10 Å². The lowest BCUT2D eigenvalue weighted by atomic mass is 10.5. The molecule has 70 valence electrons. The number of hydrogen-bond donors (Lipinski definition) is 0. The van der Waals surface area contributed by atoms with Crippen LogP contribution in [-0.2, 0) is 0 Å². The van der Waals surface area contributed by atoms with Gasteiger partial charge in [0, 0.05) is 4.79 Å². The van der Waals surface area contributed by atoms with E-state index in [1.54, 1.807) is 0 Å². The van der Waals surface area contributed by atoms with Gasteiger partial charge in [0.05, 0.1) is 5.03 Å². The second kappa shape index (κ2) is 2.98. The topological polar surface area (TPSA) is 104 Å². The molecule has 0 atom stereocenters. The van der Waals surface area contributed by atoms with E-state index in [0.29, 0.717) is 0 Å². The lowest BCUT2D eigenvalue weighted by molar-refractivity contribution is -0.555. The molecule has 0 aliphatic heterocycles. The summed E-state index contributed by atoms with van der Waals surface area (Å²) in [5.74, 6) is -0.712. The smallest absolute Gasteiger partial charge is 0.358 e. The second-order valence-corrected chi connectivity index (χ2v) is 2.49. The van der Waals surface area contributed by atoms with E-state index in [-0.39, 0.29) is 15.5 Å². The molecule has 1 aromatic rings. The maximum atomic E-state index is 10.2. The van der Waals surface area contributed by atoms with Crippen LogP contribution in [-0.4, -0.2) is 19.8 Å². The maximum absolute atomic E-state index is 10.2. The highest BCUT2D eigenvalue weighted by Gasteiger charge is 2.26. The van der Waals surface area contributed by atoms with E-state index < -0.39 is 15.8 Å². The Hall–Kier alpha value is -1.70. The van der Waals surface area contributed by atoms with Crippen molar-refractivity contribution in [1.29, 1.82) is 0 Å². The lowest BCUT2D eigenvalue weighted by Gasteiger charge is -1.91. The van der Waals surface area contributed by atoms with Gasteiger partial charge in [-0.25, -0.2) is 0 Å². The van der Waals surface area contributed by atoms with Crippen molar-refractivity contribution < 1.29 is 9.96 Å². The van der Waals surface area contributed by atoms with Gasteiger partial charge in [0.15, 0.2) is 5.02 Å². The van der Waals surface area contributed by atoms with Crippen LogP contribution in [0.3, 0.4) is 0 Å². The summed E-state index contributed by atoms with van der Waals surface area (Å²) in [6, 6.07) is 0. The SMILES string of the molecule is Cc1c(Cl)c([N+](=O)[O-])nn1[N+](=O)[O-]. The number of nitrogens with zero attached hydrogens (tertiary/aromatic N) is 4. The van der Waals surface area contributed by atoms with Gasteiger partial charge in [0.2, 0.25) is 0 Å². The fourth-order valence-corrected chi connectivity index (χ4v) is 0.916. The van der Waals surface area contributed by atoms with Crippen LogP contribution in [0, 0.1) is 27.2 Å². The highest BCUT2D eigenvalue weighted by atomic mass is 35.5. The fourth-order valence-electron chi connectivity index (χ4n) is 0.734. The summed E-state index contributed by atoms with van der Waals surface area (Å²) in [5, 5.41) is 22.3. The Labute approximate surface area is 76.0 Å². The molecule has 0 aromatic carbocycles. The zero-order valence-electron chi connectivity index (χ0n) is 6.30. The van der Waals surface area contributed by atoms with Crippen molar-refractivity contribution >= 4 is 17.4 Å². The third-order valence-corrected chi connectivity index (χ3v) is 1.77. The predicted octanol–water partition coefficient (Wildman–Crippen LogP) is 0.793. The Balaban J connectivity index is 3.36. The molecule has 1 heterocycles. The van der Waals surface area contributed by atoms with Crippen LogP contribution in [0.2, 0.25) is 5.02 Å². The van der Waals surface area contributed by atoms with Crippen LogP contribution < -0.4 is 0 Å². The van der Waals surface area contributed by atoms with Crippen molar-refractivity contribution in [3.05, 3.63) is 30.9 Å². The number of hydrogen-bond acceptors (Lipinski definition) is 5. The van der Waals surface area contributed by atoms with E-state index in [0.717, 1.165) is 0 Å². The first-order valence-electron chi connectivity index (χ1n) is 2.99. The van der Waals surface area contributed by atoms with Gasteiger partial charge in [-0.3, -0.25) is 0 Å². The molecule has 8 nitrogen and oxygen atoms in total. The number of rotatable bonds is 2. The number of halogens is 1. The second-order valence-electron chi connectivity index (χ2n) is 2.11. The third kappa shape index (κ3) is 1.43. The Bertz CT molecular complexity index is 351. The molecule has 9 heteroatoms. The van der Waals surface area contributed by atoms with Crippen molar-refractivity contribution in [2.75, 3.05) is 0 Å². The van der Waals surface area contributed by atoms with E-state index in [1.807, 2.05) is 0 Å². The van der Waals surface area contributed by atoms with E-state index >= 15 is 0 Å². The van der Waals surface area contributed by atoms with Crippen molar-refractivity contribution in [2.45, 2.75) is 6.92 Å². The lowest BCUT2D eigenvalue weighted by Crippen LogP contribution is -2.12. The Morgan fingerprint density at radius 2 is 2.00 bits per heavy atom. The van der Waals surface area contributed by atoms with Gasteiger partial charge in [0.1, 0.15) is 10.8 Å². The average Bonchev–Trinajstić information content (AvgIpc) is 2.29. The van der Waals surface area contributed by atoms with Crippen LogP contribution >= 0.6 is 11.6 Å². The Morgan fingerprint density at radius 3 is 2.23 bits per heavy atom. The summed E-state index contributed by atoms with van der Waals surface area (Å²) in [6.07, 6.45) is 0. The third-order valence-electron chi connectivity index (χ3n) is 1.33. The van der Waals surface area contributed by atoms with Crippen molar-refractivity contribution in [2.24, 2.45) is 0 Å². The summed E-state index contributed by atoms with van der Waals surface area (Å²) in [5.41, 5.74) is -0.0710. The molecule has 1 rings (SSSR count). The minimum absolute atomic E-state index is 0.0710. The standard InChI is InChI=1S/C4H3ClN4O4/c1-2-3(5)4(8(10)11)6-7(2)9(12)13/h1H3. The zero-order valence-corrected chi connectivity index (χ0v) is 7.06. The van der Waals surface area contributed by atoms with Gasteiger partial charge in [-0.05, 0) is 11.8 Å². The van der Waals surface area contributed by atoms with Gasteiger partial charge in [0.25, 0.3) is 0 Å². The van der Waals surface area contributed by atoms with Crippen LogP contribution in [0.5, 0.6) is 0 Å². The molecule has 0 N–H and O–H groups in total. The Kier molecular flexibility index (Phi) is 2.15. The summed E-state index contributed by atoms with van der Waals surface area (Å²) < 4.78 is 0. The quantitative estimate of drug-likeness (QED) is 0.526. The number of aromatic nitrogens is 2. The first-order valence-corrected chi connectivity index (χ1v) is 3.37. The minimum atomic E-state index is -0.895. The molecular weight excluding hydrogens is 204 g/mol. The normalized spacial score (nSPS) is 10.0. The molecule has 13 heavy (non-hydrogen) atoms. The first-order chi connectivity index (χ1) is 5.95. The molecular formula is C4H3ClN4O4. The highest BCUT2D eigenvalue weighted by Crippen LogP contribution is 2.25. The molecule has 0 bridgehead atoms. The van der Waals surface area contributed by atoms with E-state index in [4.69, 9.17) is 11.6 Å². The van der Waals surface area contributed by atoms with Crippen LogP contribution in [0.4, 0.5) is 5.82 Å². The van der Waals surface area contributed by atoms with Crippen molar-refractivity contribution in [3.8, 4) is 0 Å². The summed E-state index contributed by atoms with van der Waals surface area (Å²) in [4.78, 5) is 19.9. The monoisotopic (exact) mass is 206 g/mol. The van der Waals surface area contributed by atoms with Crippen molar-refractivity contribution in [3.63, 3.8) is 0 Å². The molecule has 1 aromatic heterocycles. The molecule has 0 amide bonds. The van der Waals surface area contributed by atoms with Gasteiger partial charge < -0.3 is 20.2 Å². The van der Waals surface area contributed by atoms with Crippen LogP contribution in [0.15, 0.2) is 0 Å². The molecule has 0 saturated heterocycles. The summed E-state index contributed by atoms with van der Waals surface area (Å²) in [7, 11) is 0. The van der Waals surface area contributed by atoms with Crippen LogP contribution in [0.25, 0.3) is 0 Å². The highest BCUT2D eigenvalue weighted by molar-refractivity contribution is 6.33. The summed E-state index contributed by atoms with van der Waals surface area (Å²) in [6.45, 7) is 1.27. The van der Waals surface area contributed by atoms with E-state index in [1.165, 1.54) is 6.92 Å². The van der Waals surface area contributed by atoms with Gasteiger partial charge >= 0.3 is 5.82 Å². The average molecular weight is 207 g/mol. The van der Waals surface area contributed by atoms with E-state index in [9.17, 15) is 20.2 Å². The zero-order chi connectivity index (χ0) is 10.2. The summed E-state index contributed by atoms with van der Waals surface area (Å²) >= 11 is 5.42. The first kappa shape index (κ1) is 9.39.